The Hall–Kier alpha value is -2.44. The normalized spacial score (nSPS) is 10.2. The monoisotopic (exact) mass is 442 g/mol. The van der Waals surface area contributed by atoms with E-state index in [4.69, 9.17) is 37.8 Å². The third kappa shape index (κ3) is 8.21. The van der Waals surface area contributed by atoms with Gasteiger partial charge in [-0.2, -0.15) is 0 Å². The van der Waals surface area contributed by atoms with E-state index in [1.54, 1.807) is 18.2 Å². The minimum atomic E-state index is -0.997. The third-order valence-corrected chi connectivity index (χ3v) is 3.85. The van der Waals surface area contributed by atoms with Gasteiger partial charge in [0.25, 0.3) is 0 Å². The number of aromatic carboxylic acids is 1. The van der Waals surface area contributed by atoms with Crippen molar-refractivity contribution in [2.45, 2.75) is 39.9 Å². The number of methoxy groups -OCH3 is 1. The average molecular weight is 443 g/mol. The minimum absolute atomic E-state index is 0.0168. The summed E-state index contributed by atoms with van der Waals surface area (Å²) in [6.45, 7) is 7.57. The fraction of sp³-hybridized carbons (Fsp3) is 0.333. The highest BCUT2D eigenvalue weighted by molar-refractivity contribution is 6.32. The van der Waals surface area contributed by atoms with Crippen LogP contribution in [0, 0.1) is 0 Å². The van der Waals surface area contributed by atoms with Gasteiger partial charge in [-0.05, 0) is 64.1 Å². The zero-order chi connectivity index (χ0) is 22.1. The molecule has 0 bridgehead atoms. The van der Waals surface area contributed by atoms with Gasteiger partial charge in [-0.1, -0.05) is 23.2 Å². The maximum absolute atomic E-state index is 11.2. The van der Waals surface area contributed by atoms with E-state index in [1.165, 1.54) is 25.3 Å². The summed E-state index contributed by atoms with van der Waals surface area (Å²) in [5.41, 5.74) is 0.574. The van der Waals surface area contributed by atoms with Crippen molar-refractivity contribution >= 4 is 35.1 Å². The molecule has 2 aromatic rings. The Kier molecular flexibility index (Phi) is 9.78. The Morgan fingerprint density at radius 3 is 1.59 bits per heavy atom. The van der Waals surface area contributed by atoms with Crippen molar-refractivity contribution in [2.75, 3.05) is 7.11 Å². The molecular formula is C21H24Cl2O6. The summed E-state index contributed by atoms with van der Waals surface area (Å²) in [7, 11) is 1.33. The zero-order valence-electron chi connectivity index (χ0n) is 16.9. The summed E-state index contributed by atoms with van der Waals surface area (Å²) in [4.78, 5) is 21.8. The van der Waals surface area contributed by atoms with Gasteiger partial charge < -0.3 is 19.3 Å². The van der Waals surface area contributed by atoms with E-state index >= 15 is 0 Å². The summed E-state index contributed by atoms with van der Waals surface area (Å²) in [6.07, 6.45) is 0.0645. The molecule has 2 rings (SSSR count). The predicted molar refractivity (Wildman–Crippen MR) is 113 cm³/mol. The molecule has 29 heavy (non-hydrogen) atoms. The van der Waals surface area contributed by atoms with E-state index in [-0.39, 0.29) is 17.8 Å². The van der Waals surface area contributed by atoms with E-state index in [9.17, 15) is 9.59 Å². The number of hydrogen-bond donors (Lipinski definition) is 1. The third-order valence-electron chi connectivity index (χ3n) is 3.26. The molecule has 2 aromatic carbocycles. The topological polar surface area (TPSA) is 82.1 Å². The number of carbonyl (C=O) groups is 2. The molecule has 0 unspecified atom stereocenters. The molecule has 6 nitrogen and oxygen atoms in total. The second-order valence-electron chi connectivity index (χ2n) is 6.42. The molecule has 1 N–H and O–H groups in total. The second kappa shape index (κ2) is 11.5. The highest BCUT2D eigenvalue weighted by Crippen LogP contribution is 2.27. The number of hydrogen-bond acceptors (Lipinski definition) is 5. The first kappa shape index (κ1) is 24.6. The van der Waals surface area contributed by atoms with Gasteiger partial charge in [0.1, 0.15) is 11.5 Å². The molecule has 0 aliphatic rings. The predicted octanol–water partition coefficient (Wildman–Crippen LogP) is 5.74. The lowest BCUT2D eigenvalue weighted by atomic mass is 10.2. The maximum atomic E-state index is 11.2. The fourth-order valence-corrected chi connectivity index (χ4v) is 2.53. The van der Waals surface area contributed by atoms with Crippen LogP contribution in [0.1, 0.15) is 48.4 Å². The molecule has 0 atom stereocenters. The van der Waals surface area contributed by atoms with Gasteiger partial charge in [0, 0.05) is 0 Å². The Morgan fingerprint density at radius 1 is 0.828 bits per heavy atom. The van der Waals surface area contributed by atoms with Crippen LogP contribution in [0.5, 0.6) is 11.5 Å². The van der Waals surface area contributed by atoms with Crippen LogP contribution in [0.2, 0.25) is 10.0 Å². The molecule has 0 saturated heterocycles. The number of esters is 1. The molecule has 0 heterocycles. The van der Waals surface area contributed by atoms with Crippen molar-refractivity contribution in [2.24, 2.45) is 0 Å². The van der Waals surface area contributed by atoms with Crippen LogP contribution in [0.15, 0.2) is 36.4 Å². The van der Waals surface area contributed by atoms with Gasteiger partial charge >= 0.3 is 11.9 Å². The Balaban J connectivity index is 0.000000291. The van der Waals surface area contributed by atoms with Crippen LogP contribution in [-0.2, 0) is 4.74 Å². The average Bonchev–Trinajstić information content (AvgIpc) is 2.64. The summed E-state index contributed by atoms with van der Waals surface area (Å²) in [5.74, 6) is -0.331. The van der Waals surface area contributed by atoms with Gasteiger partial charge in [0.15, 0.2) is 0 Å². The summed E-state index contributed by atoms with van der Waals surface area (Å²) in [5, 5.41) is 9.41. The first-order chi connectivity index (χ1) is 13.5. The molecule has 0 spiro atoms. The largest absolute Gasteiger partial charge is 0.489 e. The van der Waals surface area contributed by atoms with Crippen molar-refractivity contribution in [3.8, 4) is 11.5 Å². The minimum Gasteiger partial charge on any atom is -0.489 e. The molecule has 0 fully saturated rings. The first-order valence-electron chi connectivity index (χ1n) is 8.79. The van der Waals surface area contributed by atoms with Crippen molar-refractivity contribution < 1.29 is 28.9 Å². The van der Waals surface area contributed by atoms with E-state index in [0.717, 1.165) is 0 Å². The molecular weight excluding hydrogens is 419 g/mol. The van der Waals surface area contributed by atoms with Gasteiger partial charge in [0.2, 0.25) is 0 Å². The Morgan fingerprint density at radius 2 is 1.24 bits per heavy atom. The molecule has 0 aliphatic heterocycles. The standard InChI is InChI=1S/C11H13ClO3.C10H11ClO3/c1-7(2)15-10-5-4-8(6-9(10)12)11(13)14-3;1-6(2)14-9-4-3-7(10(12)13)5-8(9)11/h4-7H,1-3H3;3-6H,1-2H3,(H,12,13). The number of ether oxygens (including phenoxy) is 3. The molecule has 0 radical (unpaired) electrons. The van der Waals surface area contributed by atoms with Crippen molar-refractivity contribution in [1.29, 1.82) is 0 Å². The second-order valence-corrected chi connectivity index (χ2v) is 7.23. The SMILES string of the molecule is CC(C)Oc1ccc(C(=O)O)cc1Cl.COC(=O)c1ccc(OC(C)C)c(Cl)c1. The van der Waals surface area contributed by atoms with Gasteiger partial charge in [0.05, 0.1) is 40.5 Å². The van der Waals surface area contributed by atoms with Crippen molar-refractivity contribution in [3.05, 3.63) is 57.6 Å². The van der Waals surface area contributed by atoms with E-state index < -0.39 is 11.9 Å². The van der Waals surface area contributed by atoms with Crippen LogP contribution in [-0.4, -0.2) is 36.4 Å². The maximum Gasteiger partial charge on any atom is 0.337 e. The van der Waals surface area contributed by atoms with Crippen LogP contribution >= 0.6 is 23.2 Å². The van der Waals surface area contributed by atoms with Crippen LogP contribution < -0.4 is 9.47 Å². The molecule has 8 heteroatoms. The van der Waals surface area contributed by atoms with Gasteiger partial charge in [-0.15, -0.1) is 0 Å². The number of rotatable bonds is 6. The molecule has 0 amide bonds. The number of benzene rings is 2. The summed E-state index contributed by atoms with van der Waals surface area (Å²) >= 11 is 11.8. The van der Waals surface area contributed by atoms with E-state index in [0.29, 0.717) is 27.1 Å². The summed E-state index contributed by atoms with van der Waals surface area (Å²) < 4.78 is 15.4. The highest BCUT2D eigenvalue weighted by Gasteiger charge is 2.10. The highest BCUT2D eigenvalue weighted by atomic mass is 35.5. The number of carboxylic acid groups (broad SMARTS) is 1. The number of carboxylic acids is 1. The molecule has 158 valence electrons. The zero-order valence-corrected chi connectivity index (χ0v) is 18.4. The van der Waals surface area contributed by atoms with Crippen LogP contribution in [0.3, 0.4) is 0 Å². The Labute approximate surface area is 180 Å². The van der Waals surface area contributed by atoms with Gasteiger partial charge in [-0.25, -0.2) is 9.59 Å². The van der Waals surface area contributed by atoms with E-state index in [2.05, 4.69) is 4.74 Å². The lowest BCUT2D eigenvalue weighted by molar-refractivity contribution is 0.0599. The summed E-state index contributed by atoms with van der Waals surface area (Å²) in [6, 6.07) is 9.22. The molecule has 0 saturated carbocycles. The number of halogens is 2. The first-order valence-corrected chi connectivity index (χ1v) is 9.54. The van der Waals surface area contributed by atoms with Crippen molar-refractivity contribution in [3.63, 3.8) is 0 Å². The molecule has 0 aliphatic carbocycles. The quantitative estimate of drug-likeness (QED) is 0.574. The fourth-order valence-electron chi connectivity index (χ4n) is 2.08. The lowest BCUT2D eigenvalue weighted by Crippen LogP contribution is -2.07. The number of carbonyl (C=O) groups excluding carboxylic acids is 1. The Bertz CT molecular complexity index is 849. The van der Waals surface area contributed by atoms with Gasteiger partial charge in [-0.3, -0.25) is 0 Å². The lowest BCUT2D eigenvalue weighted by Gasteiger charge is -2.11. The molecule has 0 aromatic heterocycles. The van der Waals surface area contributed by atoms with E-state index in [1.807, 2.05) is 27.7 Å². The van der Waals surface area contributed by atoms with Crippen LogP contribution in [0.4, 0.5) is 0 Å². The smallest absolute Gasteiger partial charge is 0.337 e. The van der Waals surface area contributed by atoms with Crippen molar-refractivity contribution in [1.82, 2.24) is 0 Å². The van der Waals surface area contributed by atoms with Crippen LogP contribution in [0.25, 0.3) is 0 Å².